The van der Waals surface area contributed by atoms with Crippen LogP contribution in [0.3, 0.4) is 0 Å². The Morgan fingerprint density at radius 3 is 2.53 bits per heavy atom. The van der Waals surface area contributed by atoms with Gasteiger partial charge >= 0.3 is 5.97 Å². The average molecular weight is 458 g/mol. The van der Waals surface area contributed by atoms with Crippen molar-refractivity contribution in [2.75, 3.05) is 11.9 Å². The number of nitrogens with zero attached hydrogens (tertiary/aromatic N) is 3. The minimum Gasteiger partial charge on any atom is -0.462 e. The number of rotatable bonds is 8. The Bertz CT molecular complexity index is 1210. The summed E-state index contributed by atoms with van der Waals surface area (Å²) in [4.78, 5) is 42.2. The standard InChI is InChI=1S/C22H27N5O4S/c1-6-14-13(5)32-21(18(14)22(30)31-7-2)26-17(28)9-8-15-11(3)25-20-16(19(23)29)10-24-27(20)12(15)4/h10H,6-9H2,1-5H3,(H2,23,29)(H,26,28). The summed E-state index contributed by atoms with van der Waals surface area (Å²) in [6.07, 6.45) is 2.69. The molecule has 0 saturated carbocycles. The van der Waals surface area contributed by atoms with Crippen LogP contribution >= 0.6 is 11.3 Å². The third-order valence-electron chi connectivity index (χ3n) is 5.37. The van der Waals surface area contributed by atoms with Crippen LogP contribution in [0.5, 0.6) is 0 Å². The maximum absolute atomic E-state index is 12.7. The Morgan fingerprint density at radius 2 is 1.91 bits per heavy atom. The molecule has 3 rings (SSSR count). The lowest BCUT2D eigenvalue weighted by Gasteiger charge is -2.12. The first-order valence-corrected chi connectivity index (χ1v) is 11.2. The van der Waals surface area contributed by atoms with E-state index in [1.807, 2.05) is 27.7 Å². The van der Waals surface area contributed by atoms with Crippen LogP contribution in [-0.4, -0.2) is 39.0 Å². The molecule has 0 spiro atoms. The molecule has 3 aromatic heterocycles. The average Bonchev–Trinajstić information content (AvgIpc) is 3.28. The molecular formula is C22H27N5O4S. The molecule has 0 saturated heterocycles. The molecule has 170 valence electrons. The molecule has 32 heavy (non-hydrogen) atoms. The summed E-state index contributed by atoms with van der Waals surface area (Å²) in [7, 11) is 0. The highest BCUT2D eigenvalue weighted by Gasteiger charge is 2.24. The van der Waals surface area contributed by atoms with Gasteiger partial charge in [-0.3, -0.25) is 9.59 Å². The number of hydrogen-bond acceptors (Lipinski definition) is 7. The Balaban J connectivity index is 1.81. The number of carbonyl (C=O) groups excluding carboxylic acids is 3. The molecule has 10 heteroatoms. The van der Waals surface area contributed by atoms with E-state index in [0.717, 1.165) is 21.7 Å². The fraction of sp³-hybridized carbons (Fsp3) is 0.409. The normalized spacial score (nSPS) is 11.0. The Morgan fingerprint density at radius 1 is 1.19 bits per heavy atom. The van der Waals surface area contributed by atoms with Gasteiger partial charge < -0.3 is 15.8 Å². The minimum absolute atomic E-state index is 0.194. The molecule has 2 amide bonds. The summed E-state index contributed by atoms with van der Waals surface area (Å²) in [6, 6.07) is 0. The SMILES string of the molecule is CCOC(=O)c1c(NC(=O)CCc2c(C)nc3c(C(N)=O)cnn3c2C)sc(C)c1CC. The van der Waals surface area contributed by atoms with Gasteiger partial charge in [-0.1, -0.05) is 6.92 Å². The number of primary amides is 1. The highest BCUT2D eigenvalue weighted by atomic mass is 32.1. The van der Waals surface area contributed by atoms with Gasteiger partial charge in [0.15, 0.2) is 5.65 Å². The first-order valence-electron chi connectivity index (χ1n) is 10.4. The predicted molar refractivity (Wildman–Crippen MR) is 122 cm³/mol. The maximum Gasteiger partial charge on any atom is 0.341 e. The molecular weight excluding hydrogens is 430 g/mol. The van der Waals surface area contributed by atoms with Crippen molar-refractivity contribution < 1.29 is 19.1 Å². The summed E-state index contributed by atoms with van der Waals surface area (Å²) < 4.78 is 6.76. The molecule has 9 nitrogen and oxygen atoms in total. The number of amides is 2. The second kappa shape index (κ2) is 9.47. The van der Waals surface area contributed by atoms with Crippen LogP contribution < -0.4 is 11.1 Å². The molecule has 0 aromatic carbocycles. The lowest BCUT2D eigenvalue weighted by molar-refractivity contribution is -0.116. The van der Waals surface area contributed by atoms with Crippen molar-refractivity contribution in [3.05, 3.63) is 44.7 Å². The number of carbonyl (C=O) groups is 3. The summed E-state index contributed by atoms with van der Waals surface area (Å²) in [5.74, 6) is -1.22. The molecule has 3 heterocycles. The number of esters is 1. The summed E-state index contributed by atoms with van der Waals surface area (Å²) in [6.45, 7) is 9.61. The van der Waals surface area contributed by atoms with Crippen LogP contribution in [0.2, 0.25) is 0 Å². The van der Waals surface area contributed by atoms with Gasteiger partial charge in [0.25, 0.3) is 5.91 Å². The topological polar surface area (TPSA) is 129 Å². The second-order valence-corrected chi connectivity index (χ2v) is 8.61. The van der Waals surface area contributed by atoms with Gasteiger partial charge in [0.2, 0.25) is 5.91 Å². The fourth-order valence-electron chi connectivity index (χ4n) is 3.79. The third-order valence-corrected chi connectivity index (χ3v) is 6.43. The van der Waals surface area contributed by atoms with Crippen molar-refractivity contribution in [1.29, 1.82) is 0 Å². The number of ether oxygens (including phenoxy) is 1. The molecule has 0 atom stereocenters. The number of nitrogens with two attached hydrogens (primary N) is 1. The zero-order chi connectivity index (χ0) is 23.6. The summed E-state index contributed by atoms with van der Waals surface area (Å²) in [5.41, 5.74) is 9.76. The van der Waals surface area contributed by atoms with Crippen LogP contribution in [-0.2, 0) is 22.4 Å². The van der Waals surface area contributed by atoms with Crippen LogP contribution in [0, 0.1) is 20.8 Å². The molecule has 3 N–H and O–H groups in total. The van der Waals surface area contributed by atoms with Crippen LogP contribution in [0.25, 0.3) is 5.65 Å². The molecule has 0 aliphatic rings. The maximum atomic E-state index is 12.7. The molecule has 0 aliphatic heterocycles. The van der Waals surface area contributed by atoms with Crippen molar-refractivity contribution in [2.45, 2.75) is 53.9 Å². The molecule has 3 aromatic rings. The van der Waals surface area contributed by atoms with Crippen LogP contribution in [0.4, 0.5) is 5.00 Å². The van der Waals surface area contributed by atoms with E-state index in [2.05, 4.69) is 15.4 Å². The van der Waals surface area contributed by atoms with Crippen molar-refractivity contribution in [3.8, 4) is 0 Å². The summed E-state index contributed by atoms with van der Waals surface area (Å²) >= 11 is 1.38. The third kappa shape index (κ3) is 4.36. The van der Waals surface area contributed by atoms with Crippen LogP contribution in [0.1, 0.15) is 68.4 Å². The van der Waals surface area contributed by atoms with E-state index in [1.54, 1.807) is 11.4 Å². The van der Waals surface area contributed by atoms with Gasteiger partial charge in [-0.2, -0.15) is 5.10 Å². The highest BCUT2D eigenvalue weighted by molar-refractivity contribution is 7.16. The zero-order valence-corrected chi connectivity index (χ0v) is 19.7. The molecule has 0 unspecified atom stereocenters. The molecule has 0 fully saturated rings. The lowest BCUT2D eigenvalue weighted by Crippen LogP contribution is -2.17. The number of aromatic nitrogens is 3. The van der Waals surface area contributed by atoms with Gasteiger partial charge in [0.05, 0.1) is 18.4 Å². The number of aryl methyl sites for hydroxylation is 3. The Hall–Kier alpha value is -3.27. The van der Waals surface area contributed by atoms with E-state index in [4.69, 9.17) is 10.5 Å². The van der Waals surface area contributed by atoms with Gasteiger partial charge in [-0.05, 0) is 51.7 Å². The zero-order valence-electron chi connectivity index (χ0n) is 18.9. The fourth-order valence-corrected chi connectivity index (χ4v) is 4.94. The lowest BCUT2D eigenvalue weighted by atomic mass is 10.1. The number of anilines is 1. The minimum atomic E-state index is -0.589. The monoisotopic (exact) mass is 457 g/mol. The van der Waals surface area contributed by atoms with Gasteiger partial charge in [-0.15, -0.1) is 11.3 Å². The van der Waals surface area contributed by atoms with E-state index >= 15 is 0 Å². The van der Waals surface area contributed by atoms with Crippen LogP contribution in [0.15, 0.2) is 6.20 Å². The van der Waals surface area contributed by atoms with Gasteiger partial charge in [0.1, 0.15) is 10.6 Å². The van der Waals surface area contributed by atoms with Crippen molar-refractivity contribution >= 4 is 39.8 Å². The van der Waals surface area contributed by atoms with Crippen molar-refractivity contribution in [2.24, 2.45) is 5.73 Å². The van der Waals surface area contributed by atoms with Gasteiger partial charge in [0, 0.05) is 22.7 Å². The number of fused-ring (bicyclic) bond motifs is 1. The number of thiophene rings is 1. The van der Waals surface area contributed by atoms with Crippen molar-refractivity contribution in [3.63, 3.8) is 0 Å². The Labute approximate surface area is 190 Å². The first-order chi connectivity index (χ1) is 15.2. The van der Waals surface area contributed by atoms with E-state index in [-0.39, 0.29) is 24.5 Å². The van der Waals surface area contributed by atoms with Crippen molar-refractivity contribution in [1.82, 2.24) is 14.6 Å². The second-order valence-electron chi connectivity index (χ2n) is 7.38. The smallest absolute Gasteiger partial charge is 0.341 e. The molecule has 0 bridgehead atoms. The highest BCUT2D eigenvalue weighted by Crippen LogP contribution is 2.34. The van der Waals surface area contributed by atoms with E-state index in [9.17, 15) is 14.4 Å². The Kier molecular flexibility index (Phi) is 6.93. The summed E-state index contributed by atoms with van der Waals surface area (Å²) in [5, 5.41) is 7.61. The largest absolute Gasteiger partial charge is 0.462 e. The molecule has 0 radical (unpaired) electrons. The first kappa shape index (κ1) is 23.4. The predicted octanol–water partition coefficient (Wildman–Crippen LogP) is 3.13. The molecule has 0 aliphatic carbocycles. The van der Waals surface area contributed by atoms with E-state index in [0.29, 0.717) is 34.7 Å². The number of nitrogens with one attached hydrogen (secondary N) is 1. The van der Waals surface area contributed by atoms with E-state index in [1.165, 1.54) is 17.5 Å². The van der Waals surface area contributed by atoms with Gasteiger partial charge in [-0.25, -0.2) is 14.3 Å². The quantitative estimate of drug-likeness (QED) is 0.500. The van der Waals surface area contributed by atoms with E-state index < -0.39 is 11.9 Å². The number of hydrogen-bond donors (Lipinski definition) is 2.